The fourth-order valence-electron chi connectivity index (χ4n) is 1.66. The normalized spacial score (nSPS) is 11.9. The maximum absolute atomic E-state index is 11.2. The van der Waals surface area contributed by atoms with Crippen LogP contribution < -0.4 is 5.73 Å². The molecule has 1 aromatic heterocycles. The van der Waals surface area contributed by atoms with Crippen molar-refractivity contribution in [2.45, 2.75) is 12.5 Å². The van der Waals surface area contributed by atoms with E-state index in [1.165, 1.54) is 17.2 Å². The molecule has 0 radical (unpaired) electrons. The molecular weight excluding hydrogens is 258 g/mol. The van der Waals surface area contributed by atoms with Gasteiger partial charge in [-0.25, -0.2) is 0 Å². The summed E-state index contributed by atoms with van der Waals surface area (Å²) in [6.45, 7) is 0. The minimum Gasteiger partial charge on any atom is -0.468 e. The lowest BCUT2D eigenvalue weighted by molar-refractivity contribution is -0.142. The summed E-state index contributed by atoms with van der Waals surface area (Å²) >= 11 is 1.67. The molecule has 2 N–H and O–H groups in total. The summed E-state index contributed by atoms with van der Waals surface area (Å²) in [5, 5.41) is 3.22. The second-order valence-electron chi connectivity index (χ2n) is 3.59. The van der Waals surface area contributed by atoms with E-state index in [4.69, 9.17) is 5.73 Å². The highest BCUT2D eigenvalue weighted by Gasteiger charge is 2.16. The molecule has 1 atom stereocenters. The van der Waals surface area contributed by atoms with Crippen molar-refractivity contribution >= 4 is 39.8 Å². The highest BCUT2D eigenvalue weighted by atomic mass is 35.5. The molecule has 17 heavy (non-hydrogen) atoms. The first-order chi connectivity index (χ1) is 7.72. The first kappa shape index (κ1) is 14.0. The summed E-state index contributed by atoms with van der Waals surface area (Å²) in [4.78, 5) is 11.2. The lowest BCUT2D eigenvalue weighted by atomic mass is 10.1. The highest BCUT2D eigenvalue weighted by molar-refractivity contribution is 7.17. The number of esters is 1. The van der Waals surface area contributed by atoms with E-state index in [0.29, 0.717) is 6.42 Å². The summed E-state index contributed by atoms with van der Waals surface area (Å²) in [7, 11) is 1.36. The number of rotatable bonds is 3. The van der Waals surface area contributed by atoms with E-state index in [1.807, 2.05) is 23.6 Å². The van der Waals surface area contributed by atoms with Gasteiger partial charge in [-0.2, -0.15) is 0 Å². The predicted molar refractivity (Wildman–Crippen MR) is 72.8 cm³/mol. The number of hydrogen-bond donors (Lipinski definition) is 1. The number of carbonyl (C=O) groups excluding carboxylic acids is 1. The average molecular weight is 272 g/mol. The number of methoxy groups -OCH3 is 1. The molecule has 0 saturated carbocycles. The van der Waals surface area contributed by atoms with E-state index in [0.717, 1.165) is 5.56 Å². The van der Waals surface area contributed by atoms with Crippen LogP contribution in [0, 0.1) is 0 Å². The molecule has 0 amide bonds. The maximum atomic E-state index is 11.2. The van der Waals surface area contributed by atoms with Gasteiger partial charge in [-0.15, -0.1) is 23.7 Å². The number of hydrogen-bond acceptors (Lipinski definition) is 4. The van der Waals surface area contributed by atoms with Gasteiger partial charge in [0.05, 0.1) is 7.11 Å². The topological polar surface area (TPSA) is 52.3 Å². The van der Waals surface area contributed by atoms with Crippen LogP contribution in [0.4, 0.5) is 0 Å². The van der Waals surface area contributed by atoms with Crippen LogP contribution in [0.25, 0.3) is 10.1 Å². The van der Waals surface area contributed by atoms with Crippen molar-refractivity contribution in [2.24, 2.45) is 5.73 Å². The number of thiophene rings is 1. The zero-order chi connectivity index (χ0) is 11.5. The van der Waals surface area contributed by atoms with E-state index in [-0.39, 0.29) is 18.4 Å². The first-order valence-electron chi connectivity index (χ1n) is 5.01. The molecule has 0 aliphatic rings. The smallest absolute Gasteiger partial charge is 0.322 e. The molecule has 0 aliphatic heterocycles. The van der Waals surface area contributed by atoms with E-state index in [9.17, 15) is 4.79 Å². The Kier molecular flexibility index (Phi) is 4.93. The molecular formula is C12H14ClNO2S. The van der Waals surface area contributed by atoms with Crippen molar-refractivity contribution in [3.8, 4) is 0 Å². The number of benzene rings is 1. The summed E-state index contributed by atoms with van der Waals surface area (Å²) in [5.74, 6) is -0.365. The summed E-state index contributed by atoms with van der Waals surface area (Å²) < 4.78 is 5.83. The molecule has 2 aromatic rings. The van der Waals surface area contributed by atoms with Crippen molar-refractivity contribution in [3.05, 3.63) is 35.2 Å². The van der Waals surface area contributed by atoms with Crippen LogP contribution in [0.5, 0.6) is 0 Å². The van der Waals surface area contributed by atoms with Gasteiger partial charge in [0.2, 0.25) is 0 Å². The van der Waals surface area contributed by atoms with Gasteiger partial charge in [0.25, 0.3) is 0 Å². The molecule has 0 aliphatic carbocycles. The van der Waals surface area contributed by atoms with Gasteiger partial charge in [-0.3, -0.25) is 4.79 Å². The molecule has 5 heteroatoms. The zero-order valence-corrected chi connectivity index (χ0v) is 11.0. The largest absolute Gasteiger partial charge is 0.468 e. The molecule has 0 spiro atoms. The average Bonchev–Trinajstić information content (AvgIpc) is 2.72. The standard InChI is InChI=1S/C12H13NO2S.ClH/c1-15-12(14)10(13)6-8-7-16-11-5-3-2-4-9(8)11;/h2-5,7,10H,6,13H2,1H3;1H/t10-;/m0./s1. The fourth-order valence-corrected chi connectivity index (χ4v) is 2.64. The molecule has 0 fully saturated rings. The van der Waals surface area contributed by atoms with Gasteiger partial charge in [-0.05, 0) is 28.8 Å². The lowest BCUT2D eigenvalue weighted by Crippen LogP contribution is -2.33. The van der Waals surface area contributed by atoms with Crippen molar-refractivity contribution in [3.63, 3.8) is 0 Å². The Morgan fingerprint density at radius 2 is 2.18 bits per heavy atom. The molecule has 1 aromatic carbocycles. The molecule has 2 rings (SSSR count). The molecule has 3 nitrogen and oxygen atoms in total. The third-order valence-corrected chi connectivity index (χ3v) is 3.52. The second kappa shape index (κ2) is 6.00. The third-order valence-electron chi connectivity index (χ3n) is 2.50. The Hall–Kier alpha value is -1.10. The van der Waals surface area contributed by atoms with E-state index in [2.05, 4.69) is 10.8 Å². The van der Waals surface area contributed by atoms with Gasteiger partial charge >= 0.3 is 5.97 Å². The van der Waals surface area contributed by atoms with Crippen LogP contribution in [-0.4, -0.2) is 19.1 Å². The van der Waals surface area contributed by atoms with Crippen LogP contribution in [0.1, 0.15) is 5.56 Å². The summed E-state index contributed by atoms with van der Waals surface area (Å²) in [6, 6.07) is 7.52. The zero-order valence-electron chi connectivity index (χ0n) is 9.38. The van der Waals surface area contributed by atoms with Gasteiger partial charge in [0.1, 0.15) is 6.04 Å². The maximum Gasteiger partial charge on any atom is 0.322 e. The van der Waals surface area contributed by atoms with E-state index >= 15 is 0 Å². The van der Waals surface area contributed by atoms with Crippen molar-refractivity contribution < 1.29 is 9.53 Å². The van der Waals surface area contributed by atoms with Crippen molar-refractivity contribution in [1.82, 2.24) is 0 Å². The number of ether oxygens (including phenoxy) is 1. The van der Waals surface area contributed by atoms with Crippen LogP contribution in [0.3, 0.4) is 0 Å². The van der Waals surface area contributed by atoms with Gasteiger partial charge in [0, 0.05) is 4.70 Å². The first-order valence-corrected chi connectivity index (χ1v) is 5.89. The quantitative estimate of drug-likeness (QED) is 0.872. The van der Waals surface area contributed by atoms with Gasteiger partial charge in [0.15, 0.2) is 0 Å². The number of halogens is 1. The van der Waals surface area contributed by atoms with Crippen LogP contribution in [0.15, 0.2) is 29.6 Å². The Labute approximate surface area is 110 Å². The molecule has 1 heterocycles. The Bertz CT molecular complexity index is 512. The van der Waals surface area contributed by atoms with Gasteiger partial charge < -0.3 is 10.5 Å². The predicted octanol–water partition coefficient (Wildman–Crippen LogP) is 2.37. The highest BCUT2D eigenvalue weighted by Crippen LogP contribution is 2.26. The SMILES string of the molecule is COC(=O)[C@@H](N)Cc1csc2ccccc12.Cl. The number of nitrogens with two attached hydrogens (primary N) is 1. The van der Waals surface area contributed by atoms with Crippen LogP contribution >= 0.6 is 23.7 Å². The monoisotopic (exact) mass is 271 g/mol. The van der Waals surface area contributed by atoms with E-state index in [1.54, 1.807) is 11.3 Å². The van der Waals surface area contributed by atoms with Crippen molar-refractivity contribution in [2.75, 3.05) is 7.11 Å². The third kappa shape index (κ3) is 2.97. The van der Waals surface area contributed by atoms with Crippen LogP contribution in [0.2, 0.25) is 0 Å². The summed E-state index contributed by atoms with van der Waals surface area (Å²) in [6.07, 6.45) is 0.524. The Morgan fingerprint density at radius 1 is 1.47 bits per heavy atom. The fraction of sp³-hybridized carbons (Fsp3) is 0.250. The minimum atomic E-state index is -0.581. The number of fused-ring (bicyclic) bond motifs is 1. The second-order valence-corrected chi connectivity index (χ2v) is 4.50. The minimum absolute atomic E-state index is 0. The molecule has 0 bridgehead atoms. The lowest BCUT2D eigenvalue weighted by Gasteiger charge is -2.07. The van der Waals surface area contributed by atoms with Crippen LogP contribution in [-0.2, 0) is 16.0 Å². The molecule has 0 saturated heterocycles. The summed E-state index contributed by atoms with van der Waals surface area (Å²) in [5.41, 5.74) is 6.85. The molecule has 0 unspecified atom stereocenters. The number of carbonyl (C=O) groups is 1. The van der Waals surface area contributed by atoms with Crippen molar-refractivity contribution in [1.29, 1.82) is 0 Å². The Morgan fingerprint density at radius 3 is 2.88 bits per heavy atom. The van der Waals surface area contributed by atoms with E-state index < -0.39 is 6.04 Å². The molecule has 92 valence electrons. The Balaban J connectivity index is 0.00000144. The van der Waals surface area contributed by atoms with Gasteiger partial charge in [-0.1, -0.05) is 18.2 Å².